The summed E-state index contributed by atoms with van der Waals surface area (Å²) in [6, 6.07) is 9.07. The zero-order chi connectivity index (χ0) is 18.9. The molecule has 0 amide bonds. The van der Waals surface area contributed by atoms with Gasteiger partial charge in [0.25, 0.3) is 0 Å². The van der Waals surface area contributed by atoms with Crippen molar-refractivity contribution in [1.82, 2.24) is 24.5 Å². The molecule has 1 aliphatic carbocycles. The van der Waals surface area contributed by atoms with Gasteiger partial charge >= 0.3 is 0 Å². The minimum absolute atomic E-state index is 0.494. The van der Waals surface area contributed by atoms with Gasteiger partial charge in [0.2, 0.25) is 0 Å². The van der Waals surface area contributed by atoms with Crippen LogP contribution < -0.4 is 11.1 Å². The molecular formula is C21H27N7. The van der Waals surface area contributed by atoms with Gasteiger partial charge in [-0.2, -0.15) is 0 Å². The molecule has 3 N–H and O–H groups in total. The standard InChI is InChI=1S/C21H27N7/c22-19-8-3-15(13-23-19)18-14-24-21-10-9-20(26-28(18)21)25-16-4-6-17(7-5-16)27-11-1-2-12-27/h3,8-10,13-14,16-17H,1-2,4-7,11-12H2,(H2,22,23)(H,25,26)/t16-,17-. The summed E-state index contributed by atoms with van der Waals surface area (Å²) in [5.74, 6) is 1.41. The molecule has 1 saturated carbocycles. The normalized spacial score (nSPS) is 23.3. The van der Waals surface area contributed by atoms with Crippen molar-refractivity contribution in [3.05, 3.63) is 36.7 Å². The summed E-state index contributed by atoms with van der Waals surface area (Å²) in [7, 11) is 0. The molecule has 1 saturated heterocycles. The molecule has 0 aromatic carbocycles. The Balaban J connectivity index is 1.30. The maximum absolute atomic E-state index is 5.71. The van der Waals surface area contributed by atoms with Crippen molar-refractivity contribution in [2.24, 2.45) is 0 Å². The van der Waals surface area contributed by atoms with Gasteiger partial charge in [0.1, 0.15) is 11.6 Å². The third-order valence-electron chi connectivity index (χ3n) is 6.15. The number of rotatable bonds is 4. The fourth-order valence-electron chi connectivity index (χ4n) is 4.61. The molecule has 5 rings (SSSR count). The van der Waals surface area contributed by atoms with E-state index in [1.807, 2.05) is 28.9 Å². The number of likely N-dealkylation sites (tertiary alicyclic amines) is 1. The Morgan fingerprint density at radius 1 is 0.929 bits per heavy atom. The maximum atomic E-state index is 5.71. The van der Waals surface area contributed by atoms with E-state index in [-0.39, 0.29) is 0 Å². The second kappa shape index (κ2) is 7.39. The Labute approximate surface area is 165 Å². The Hall–Kier alpha value is -2.67. The smallest absolute Gasteiger partial charge is 0.154 e. The molecule has 0 atom stereocenters. The molecule has 146 valence electrons. The van der Waals surface area contributed by atoms with Gasteiger partial charge in [-0.25, -0.2) is 14.5 Å². The van der Waals surface area contributed by atoms with Crippen molar-refractivity contribution in [3.8, 4) is 11.3 Å². The molecule has 0 bridgehead atoms. The van der Waals surface area contributed by atoms with Gasteiger partial charge in [-0.1, -0.05) is 0 Å². The predicted molar refractivity (Wildman–Crippen MR) is 111 cm³/mol. The molecule has 2 fully saturated rings. The lowest BCUT2D eigenvalue weighted by atomic mass is 9.90. The summed E-state index contributed by atoms with van der Waals surface area (Å²) in [5.41, 5.74) is 8.41. The van der Waals surface area contributed by atoms with Crippen LogP contribution in [-0.4, -0.2) is 49.7 Å². The number of nitrogen functional groups attached to an aromatic ring is 1. The molecule has 0 radical (unpaired) electrons. The van der Waals surface area contributed by atoms with E-state index in [0.717, 1.165) is 28.8 Å². The van der Waals surface area contributed by atoms with E-state index in [1.54, 1.807) is 12.3 Å². The number of nitrogens with one attached hydrogen (secondary N) is 1. The van der Waals surface area contributed by atoms with E-state index >= 15 is 0 Å². The zero-order valence-corrected chi connectivity index (χ0v) is 16.1. The Bertz CT molecular complexity index is 935. The van der Waals surface area contributed by atoms with Gasteiger partial charge in [-0.3, -0.25) is 0 Å². The Kier molecular flexibility index (Phi) is 4.60. The largest absolute Gasteiger partial charge is 0.384 e. The van der Waals surface area contributed by atoms with Crippen LogP contribution >= 0.6 is 0 Å². The average Bonchev–Trinajstić information content (AvgIpc) is 3.39. The lowest BCUT2D eigenvalue weighted by Gasteiger charge is -2.34. The highest BCUT2D eigenvalue weighted by atomic mass is 15.3. The number of aromatic nitrogens is 4. The SMILES string of the molecule is Nc1ccc(-c2cnc3ccc(N[C@H]4CC[C@H](N5CCCC5)CC4)nn23)cn1. The first-order valence-corrected chi connectivity index (χ1v) is 10.3. The Morgan fingerprint density at radius 2 is 1.75 bits per heavy atom. The van der Waals surface area contributed by atoms with Crippen molar-refractivity contribution >= 4 is 17.3 Å². The first kappa shape index (κ1) is 17.4. The van der Waals surface area contributed by atoms with E-state index in [2.05, 4.69) is 20.2 Å². The summed E-state index contributed by atoms with van der Waals surface area (Å²) in [5, 5.41) is 8.45. The van der Waals surface area contributed by atoms with Crippen LogP contribution in [-0.2, 0) is 0 Å². The lowest BCUT2D eigenvalue weighted by Crippen LogP contribution is -2.39. The fraction of sp³-hybridized carbons (Fsp3) is 0.476. The van der Waals surface area contributed by atoms with E-state index in [9.17, 15) is 0 Å². The van der Waals surface area contributed by atoms with Gasteiger partial charge in [-0.15, -0.1) is 5.10 Å². The van der Waals surface area contributed by atoms with Crippen LogP contribution in [0.5, 0.6) is 0 Å². The number of anilines is 2. The minimum Gasteiger partial charge on any atom is -0.384 e. The van der Waals surface area contributed by atoms with E-state index in [1.165, 1.54) is 51.6 Å². The number of fused-ring (bicyclic) bond motifs is 1. The van der Waals surface area contributed by atoms with Crippen molar-refractivity contribution in [2.75, 3.05) is 24.1 Å². The highest BCUT2D eigenvalue weighted by Gasteiger charge is 2.27. The number of nitrogens with two attached hydrogens (primary N) is 1. The summed E-state index contributed by atoms with van der Waals surface area (Å²) in [6.07, 6.45) is 11.3. The molecule has 0 unspecified atom stereocenters. The highest BCUT2D eigenvalue weighted by molar-refractivity contribution is 5.63. The van der Waals surface area contributed by atoms with Crippen molar-refractivity contribution in [3.63, 3.8) is 0 Å². The first-order valence-electron chi connectivity index (χ1n) is 10.3. The molecule has 1 aliphatic heterocycles. The molecule has 3 aromatic heterocycles. The molecule has 3 aromatic rings. The van der Waals surface area contributed by atoms with E-state index in [0.29, 0.717) is 11.9 Å². The molecule has 4 heterocycles. The number of imidazole rings is 1. The van der Waals surface area contributed by atoms with Crippen molar-refractivity contribution < 1.29 is 0 Å². The van der Waals surface area contributed by atoms with Gasteiger partial charge in [0.05, 0.1) is 11.9 Å². The molecule has 28 heavy (non-hydrogen) atoms. The third kappa shape index (κ3) is 3.42. The molecule has 7 nitrogen and oxygen atoms in total. The second-order valence-electron chi connectivity index (χ2n) is 8.00. The third-order valence-corrected chi connectivity index (χ3v) is 6.15. The van der Waals surface area contributed by atoms with E-state index < -0.39 is 0 Å². The fourth-order valence-corrected chi connectivity index (χ4v) is 4.61. The molecule has 7 heteroatoms. The van der Waals surface area contributed by atoms with Crippen LogP contribution in [0.3, 0.4) is 0 Å². The molecular weight excluding hydrogens is 350 g/mol. The number of pyridine rings is 1. The first-order chi connectivity index (χ1) is 13.8. The topological polar surface area (TPSA) is 84.4 Å². The Morgan fingerprint density at radius 3 is 2.50 bits per heavy atom. The van der Waals surface area contributed by atoms with Crippen molar-refractivity contribution in [1.29, 1.82) is 0 Å². The van der Waals surface area contributed by atoms with Gasteiger partial charge < -0.3 is 16.0 Å². The summed E-state index contributed by atoms with van der Waals surface area (Å²) in [4.78, 5) is 11.3. The van der Waals surface area contributed by atoms with Crippen LogP contribution in [0, 0.1) is 0 Å². The maximum Gasteiger partial charge on any atom is 0.154 e. The van der Waals surface area contributed by atoms with Crippen LogP contribution in [0.25, 0.3) is 16.9 Å². The highest BCUT2D eigenvalue weighted by Crippen LogP contribution is 2.28. The minimum atomic E-state index is 0.494. The van der Waals surface area contributed by atoms with E-state index in [4.69, 9.17) is 10.8 Å². The quantitative estimate of drug-likeness (QED) is 0.726. The van der Waals surface area contributed by atoms with Gasteiger partial charge in [0.15, 0.2) is 5.65 Å². The van der Waals surface area contributed by atoms with Crippen LogP contribution in [0.2, 0.25) is 0 Å². The molecule has 2 aliphatic rings. The summed E-state index contributed by atoms with van der Waals surface area (Å²) < 4.78 is 1.88. The summed E-state index contributed by atoms with van der Waals surface area (Å²) in [6.45, 7) is 2.59. The predicted octanol–water partition coefficient (Wildman–Crippen LogP) is 3.19. The average molecular weight is 377 g/mol. The van der Waals surface area contributed by atoms with Crippen LogP contribution in [0.1, 0.15) is 38.5 Å². The number of hydrogen-bond donors (Lipinski definition) is 2. The molecule has 0 spiro atoms. The van der Waals surface area contributed by atoms with Crippen LogP contribution in [0.15, 0.2) is 36.7 Å². The lowest BCUT2D eigenvalue weighted by molar-refractivity contribution is 0.186. The zero-order valence-electron chi connectivity index (χ0n) is 16.1. The van der Waals surface area contributed by atoms with Gasteiger partial charge in [-0.05, 0) is 75.9 Å². The van der Waals surface area contributed by atoms with Gasteiger partial charge in [0, 0.05) is 23.8 Å². The number of hydrogen-bond acceptors (Lipinski definition) is 6. The summed E-state index contributed by atoms with van der Waals surface area (Å²) >= 11 is 0. The van der Waals surface area contributed by atoms with Crippen LogP contribution in [0.4, 0.5) is 11.6 Å². The van der Waals surface area contributed by atoms with Crippen molar-refractivity contribution in [2.45, 2.75) is 50.6 Å². The monoisotopic (exact) mass is 377 g/mol. The number of nitrogens with zero attached hydrogens (tertiary/aromatic N) is 5. The second-order valence-corrected chi connectivity index (χ2v) is 8.00.